The number of aromatic nitrogens is 1. The number of hydrogen-bond donors (Lipinski definition) is 1. The standard InChI is InChI=1S/C14H14Cl2N2S/c1-2-17-8-10-3-6-14(18-9-10)19-13-7-11(15)4-5-12(13)16/h3-7,9,17H,2,8H2,1H3. The van der Waals surface area contributed by atoms with E-state index >= 15 is 0 Å². The predicted octanol–water partition coefficient (Wildman–Crippen LogP) is 4.65. The topological polar surface area (TPSA) is 24.9 Å². The van der Waals surface area contributed by atoms with Crippen LogP contribution < -0.4 is 5.32 Å². The third-order valence-corrected chi connectivity index (χ3v) is 4.17. The van der Waals surface area contributed by atoms with Gasteiger partial charge in [-0.25, -0.2) is 4.98 Å². The molecule has 0 unspecified atom stereocenters. The summed E-state index contributed by atoms with van der Waals surface area (Å²) in [5.74, 6) is 0. The van der Waals surface area contributed by atoms with Crippen molar-refractivity contribution in [2.45, 2.75) is 23.4 Å². The molecule has 1 N–H and O–H groups in total. The maximum absolute atomic E-state index is 6.13. The van der Waals surface area contributed by atoms with E-state index in [-0.39, 0.29) is 0 Å². The van der Waals surface area contributed by atoms with E-state index in [0.29, 0.717) is 10.0 Å². The van der Waals surface area contributed by atoms with Crippen molar-refractivity contribution in [1.82, 2.24) is 10.3 Å². The first-order valence-corrected chi connectivity index (χ1v) is 7.55. The van der Waals surface area contributed by atoms with E-state index in [1.165, 1.54) is 17.3 Å². The zero-order valence-corrected chi connectivity index (χ0v) is 12.8. The van der Waals surface area contributed by atoms with Crippen molar-refractivity contribution in [3.8, 4) is 0 Å². The maximum atomic E-state index is 6.13. The van der Waals surface area contributed by atoms with E-state index in [2.05, 4.69) is 23.3 Å². The highest BCUT2D eigenvalue weighted by Crippen LogP contribution is 2.33. The van der Waals surface area contributed by atoms with Crippen molar-refractivity contribution in [3.63, 3.8) is 0 Å². The van der Waals surface area contributed by atoms with E-state index in [1.807, 2.05) is 18.3 Å². The molecule has 19 heavy (non-hydrogen) atoms. The highest BCUT2D eigenvalue weighted by atomic mass is 35.5. The second kappa shape index (κ2) is 7.15. The second-order valence-electron chi connectivity index (χ2n) is 3.96. The van der Waals surface area contributed by atoms with Gasteiger partial charge >= 0.3 is 0 Å². The Hall–Kier alpha value is -0.740. The molecule has 0 atom stereocenters. The molecule has 2 aromatic rings. The monoisotopic (exact) mass is 312 g/mol. The van der Waals surface area contributed by atoms with Crippen LogP contribution >= 0.6 is 35.0 Å². The van der Waals surface area contributed by atoms with E-state index in [1.54, 1.807) is 12.1 Å². The summed E-state index contributed by atoms with van der Waals surface area (Å²) in [6.45, 7) is 3.87. The highest BCUT2D eigenvalue weighted by Gasteiger charge is 2.05. The predicted molar refractivity (Wildman–Crippen MR) is 82.2 cm³/mol. The fourth-order valence-electron chi connectivity index (χ4n) is 1.51. The van der Waals surface area contributed by atoms with Crippen molar-refractivity contribution in [2.24, 2.45) is 0 Å². The zero-order chi connectivity index (χ0) is 13.7. The maximum Gasteiger partial charge on any atom is 0.101 e. The number of pyridine rings is 1. The number of nitrogens with one attached hydrogen (secondary N) is 1. The second-order valence-corrected chi connectivity index (χ2v) is 5.87. The molecule has 2 rings (SSSR count). The minimum atomic E-state index is 0.677. The Morgan fingerprint density at radius 1 is 1.21 bits per heavy atom. The van der Waals surface area contributed by atoms with Crippen LogP contribution in [-0.4, -0.2) is 11.5 Å². The van der Waals surface area contributed by atoms with Crippen LogP contribution in [0.4, 0.5) is 0 Å². The lowest BCUT2D eigenvalue weighted by atomic mass is 10.3. The first-order valence-electron chi connectivity index (χ1n) is 5.97. The Balaban J connectivity index is 2.08. The summed E-state index contributed by atoms with van der Waals surface area (Å²) in [7, 11) is 0. The van der Waals surface area contributed by atoms with Gasteiger partial charge in [-0.15, -0.1) is 0 Å². The molecular formula is C14H14Cl2N2S. The Labute approximate surface area is 127 Å². The number of rotatable bonds is 5. The first kappa shape index (κ1) is 14.7. The van der Waals surface area contributed by atoms with Crippen LogP contribution in [0.3, 0.4) is 0 Å². The number of halogens is 2. The van der Waals surface area contributed by atoms with Gasteiger partial charge in [0.05, 0.1) is 5.02 Å². The Morgan fingerprint density at radius 3 is 2.74 bits per heavy atom. The van der Waals surface area contributed by atoms with Gasteiger partial charge in [0.25, 0.3) is 0 Å². The Morgan fingerprint density at radius 2 is 2.05 bits per heavy atom. The van der Waals surface area contributed by atoms with Crippen molar-refractivity contribution in [1.29, 1.82) is 0 Å². The summed E-state index contributed by atoms with van der Waals surface area (Å²) in [4.78, 5) is 5.34. The Bertz CT molecular complexity index is 544. The van der Waals surface area contributed by atoms with Crippen molar-refractivity contribution in [2.75, 3.05) is 6.54 Å². The molecule has 5 heteroatoms. The smallest absolute Gasteiger partial charge is 0.101 e. The summed E-state index contributed by atoms with van der Waals surface area (Å²) in [5.41, 5.74) is 1.17. The molecule has 0 radical (unpaired) electrons. The summed E-state index contributed by atoms with van der Waals surface area (Å²) in [6, 6.07) is 9.49. The van der Waals surface area contributed by atoms with E-state index < -0.39 is 0 Å². The molecule has 2 nitrogen and oxygen atoms in total. The van der Waals surface area contributed by atoms with Crippen LogP contribution in [0.25, 0.3) is 0 Å². The SMILES string of the molecule is CCNCc1ccc(Sc2cc(Cl)ccc2Cl)nc1. The Kier molecular flexibility index (Phi) is 5.52. The van der Waals surface area contributed by atoms with Crippen molar-refractivity contribution in [3.05, 3.63) is 52.1 Å². The third kappa shape index (κ3) is 4.39. The summed E-state index contributed by atoms with van der Waals surface area (Å²) < 4.78 is 0. The lowest BCUT2D eigenvalue weighted by Gasteiger charge is -2.05. The van der Waals surface area contributed by atoms with Crippen molar-refractivity contribution >= 4 is 35.0 Å². The molecule has 0 aliphatic heterocycles. The number of nitrogens with zero attached hydrogens (tertiary/aromatic N) is 1. The fourth-order valence-corrected chi connectivity index (χ4v) is 2.80. The van der Waals surface area contributed by atoms with Crippen LogP contribution in [0.5, 0.6) is 0 Å². The fraction of sp³-hybridized carbons (Fsp3) is 0.214. The van der Waals surface area contributed by atoms with E-state index in [0.717, 1.165) is 23.0 Å². The molecule has 0 spiro atoms. The summed E-state index contributed by atoms with van der Waals surface area (Å²) in [6.07, 6.45) is 1.88. The quantitative estimate of drug-likeness (QED) is 0.870. The van der Waals surface area contributed by atoms with Gasteiger partial charge in [0.15, 0.2) is 0 Å². The lowest BCUT2D eigenvalue weighted by molar-refractivity contribution is 0.723. The van der Waals surface area contributed by atoms with E-state index in [4.69, 9.17) is 23.2 Å². The van der Waals surface area contributed by atoms with Gasteiger partial charge in [0.1, 0.15) is 5.03 Å². The molecular weight excluding hydrogens is 299 g/mol. The van der Waals surface area contributed by atoms with Crippen LogP contribution in [0.1, 0.15) is 12.5 Å². The summed E-state index contributed by atoms with van der Waals surface area (Å²) in [5, 5.41) is 5.54. The van der Waals surface area contributed by atoms with Crippen LogP contribution in [0, 0.1) is 0 Å². The average molecular weight is 313 g/mol. The molecule has 0 amide bonds. The molecule has 1 aromatic carbocycles. The molecule has 0 bridgehead atoms. The van der Waals surface area contributed by atoms with Gasteiger partial charge in [-0.2, -0.15) is 0 Å². The summed E-state index contributed by atoms with van der Waals surface area (Å²) >= 11 is 13.6. The zero-order valence-electron chi connectivity index (χ0n) is 10.5. The molecule has 1 aromatic heterocycles. The highest BCUT2D eigenvalue weighted by molar-refractivity contribution is 7.99. The molecule has 0 aliphatic rings. The van der Waals surface area contributed by atoms with Crippen LogP contribution in [0.15, 0.2) is 46.5 Å². The van der Waals surface area contributed by atoms with Gasteiger partial charge in [-0.3, -0.25) is 0 Å². The number of benzene rings is 1. The van der Waals surface area contributed by atoms with Gasteiger partial charge in [0.2, 0.25) is 0 Å². The van der Waals surface area contributed by atoms with Crippen molar-refractivity contribution < 1.29 is 0 Å². The molecule has 0 saturated heterocycles. The van der Waals surface area contributed by atoms with E-state index in [9.17, 15) is 0 Å². The van der Waals surface area contributed by atoms with Gasteiger partial charge in [-0.1, -0.05) is 48.0 Å². The van der Waals surface area contributed by atoms with Crippen LogP contribution in [0.2, 0.25) is 10.0 Å². The van der Waals surface area contributed by atoms with Crippen LogP contribution in [-0.2, 0) is 6.54 Å². The lowest BCUT2D eigenvalue weighted by Crippen LogP contribution is -2.11. The van der Waals surface area contributed by atoms with Gasteiger partial charge in [-0.05, 0) is 36.4 Å². The normalized spacial score (nSPS) is 10.7. The molecule has 0 aliphatic carbocycles. The first-order chi connectivity index (χ1) is 9.19. The molecule has 100 valence electrons. The van der Waals surface area contributed by atoms with Gasteiger partial charge < -0.3 is 5.32 Å². The number of hydrogen-bond acceptors (Lipinski definition) is 3. The third-order valence-electron chi connectivity index (χ3n) is 2.48. The minimum Gasteiger partial charge on any atom is -0.313 e. The largest absolute Gasteiger partial charge is 0.313 e. The molecule has 1 heterocycles. The van der Waals surface area contributed by atoms with Gasteiger partial charge in [0, 0.05) is 22.7 Å². The molecule has 0 saturated carbocycles. The molecule has 0 fully saturated rings. The average Bonchev–Trinajstić information content (AvgIpc) is 2.42. The minimum absolute atomic E-state index is 0.677.